The molecule has 2 aromatic heterocycles. The third-order valence-electron chi connectivity index (χ3n) is 4.17. The molecule has 8 heteroatoms. The third-order valence-corrected chi connectivity index (χ3v) is 5.10. The molecule has 0 atom stereocenters. The lowest BCUT2D eigenvalue weighted by Gasteiger charge is -2.03. The molecule has 2 aromatic carbocycles. The molecule has 1 aliphatic rings. The van der Waals surface area contributed by atoms with Crippen molar-refractivity contribution in [2.24, 2.45) is 0 Å². The number of hydrogen-bond donors (Lipinski definition) is 1. The standard InChI is InChI=1S/C19H14N2O5S/c1-2-23-18(22)17-16(10-5-3-4-6-12(10)26-17)21-19-20-11-7-13-14(25-9-24-13)8-15(11)27-19/h3-8H,2,9H2,1H3,(H,20,21). The van der Waals surface area contributed by atoms with Crippen molar-refractivity contribution >= 4 is 49.3 Å². The summed E-state index contributed by atoms with van der Waals surface area (Å²) < 4.78 is 22.6. The third kappa shape index (κ3) is 2.65. The molecule has 136 valence electrons. The number of para-hydroxylation sites is 1. The van der Waals surface area contributed by atoms with Gasteiger partial charge in [0.25, 0.3) is 0 Å². The van der Waals surface area contributed by atoms with Crippen LogP contribution in [0.4, 0.5) is 10.8 Å². The van der Waals surface area contributed by atoms with Crippen LogP contribution in [-0.2, 0) is 4.74 Å². The van der Waals surface area contributed by atoms with Gasteiger partial charge in [0, 0.05) is 17.5 Å². The van der Waals surface area contributed by atoms with Crippen LogP contribution in [0, 0.1) is 0 Å². The Morgan fingerprint density at radius 2 is 2.07 bits per heavy atom. The molecule has 0 bridgehead atoms. The number of ether oxygens (including phenoxy) is 3. The molecule has 0 saturated carbocycles. The highest BCUT2D eigenvalue weighted by atomic mass is 32.1. The van der Waals surface area contributed by atoms with Crippen LogP contribution in [0.2, 0.25) is 0 Å². The van der Waals surface area contributed by atoms with Crippen LogP contribution in [0.3, 0.4) is 0 Å². The van der Waals surface area contributed by atoms with Gasteiger partial charge in [-0.05, 0) is 19.1 Å². The first-order valence-electron chi connectivity index (χ1n) is 8.39. The Bertz CT molecular complexity index is 1140. The van der Waals surface area contributed by atoms with Gasteiger partial charge in [-0.1, -0.05) is 23.5 Å². The van der Waals surface area contributed by atoms with Crippen molar-refractivity contribution in [3.8, 4) is 11.5 Å². The number of fused-ring (bicyclic) bond motifs is 3. The zero-order chi connectivity index (χ0) is 18.4. The second-order valence-corrected chi connectivity index (χ2v) is 6.87. The van der Waals surface area contributed by atoms with Gasteiger partial charge in [-0.2, -0.15) is 0 Å². The number of carbonyl (C=O) groups is 1. The largest absolute Gasteiger partial charge is 0.460 e. The molecule has 27 heavy (non-hydrogen) atoms. The van der Waals surface area contributed by atoms with E-state index in [1.54, 1.807) is 13.0 Å². The number of carbonyl (C=O) groups excluding carboxylic acids is 1. The number of aromatic nitrogens is 1. The van der Waals surface area contributed by atoms with Crippen LogP contribution in [0.1, 0.15) is 17.5 Å². The summed E-state index contributed by atoms with van der Waals surface area (Å²) >= 11 is 1.45. The second kappa shape index (κ2) is 6.17. The van der Waals surface area contributed by atoms with Crippen LogP contribution in [-0.4, -0.2) is 24.4 Å². The molecule has 1 aliphatic heterocycles. The summed E-state index contributed by atoms with van der Waals surface area (Å²) in [6, 6.07) is 11.2. The van der Waals surface area contributed by atoms with Gasteiger partial charge in [0.05, 0.1) is 16.8 Å². The normalized spacial score (nSPS) is 12.6. The molecule has 0 unspecified atom stereocenters. The number of esters is 1. The molecule has 0 aliphatic carbocycles. The van der Waals surface area contributed by atoms with Crippen molar-refractivity contribution in [2.75, 3.05) is 18.7 Å². The van der Waals surface area contributed by atoms with E-state index in [1.807, 2.05) is 30.3 Å². The van der Waals surface area contributed by atoms with Crippen molar-refractivity contribution < 1.29 is 23.4 Å². The van der Waals surface area contributed by atoms with Gasteiger partial charge in [0.15, 0.2) is 16.6 Å². The summed E-state index contributed by atoms with van der Waals surface area (Å²) in [5.74, 6) is 1.00. The zero-order valence-electron chi connectivity index (χ0n) is 14.3. The fourth-order valence-electron chi connectivity index (χ4n) is 2.99. The molecular weight excluding hydrogens is 368 g/mol. The van der Waals surface area contributed by atoms with Crippen LogP contribution in [0.25, 0.3) is 21.2 Å². The van der Waals surface area contributed by atoms with E-state index in [0.29, 0.717) is 27.9 Å². The Kier molecular flexibility index (Phi) is 3.64. The minimum absolute atomic E-state index is 0.131. The first kappa shape index (κ1) is 16.0. The number of hydrogen-bond acceptors (Lipinski definition) is 8. The quantitative estimate of drug-likeness (QED) is 0.513. The highest BCUT2D eigenvalue weighted by Gasteiger charge is 2.23. The van der Waals surface area contributed by atoms with Gasteiger partial charge in [-0.3, -0.25) is 0 Å². The Balaban J connectivity index is 1.58. The van der Waals surface area contributed by atoms with Crippen LogP contribution in [0.5, 0.6) is 11.5 Å². The average molecular weight is 382 g/mol. The fraction of sp³-hybridized carbons (Fsp3) is 0.158. The Morgan fingerprint density at radius 1 is 1.26 bits per heavy atom. The average Bonchev–Trinajstić information content (AvgIpc) is 3.36. The van der Waals surface area contributed by atoms with Gasteiger partial charge >= 0.3 is 5.97 Å². The minimum Gasteiger partial charge on any atom is -0.460 e. The van der Waals surface area contributed by atoms with Gasteiger partial charge in [0.1, 0.15) is 11.3 Å². The highest BCUT2D eigenvalue weighted by molar-refractivity contribution is 7.22. The Morgan fingerprint density at radius 3 is 2.93 bits per heavy atom. The molecule has 5 rings (SSSR count). The Labute approximate surface area is 157 Å². The lowest BCUT2D eigenvalue weighted by atomic mass is 10.2. The smallest absolute Gasteiger partial charge is 0.376 e. The number of nitrogens with one attached hydrogen (secondary N) is 1. The summed E-state index contributed by atoms with van der Waals surface area (Å²) in [5, 5.41) is 4.65. The zero-order valence-corrected chi connectivity index (χ0v) is 15.1. The first-order valence-corrected chi connectivity index (χ1v) is 9.20. The predicted molar refractivity (Wildman–Crippen MR) is 101 cm³/mol. The first-order chi connectivity index (χ1) is 13.2. The summed E-state index contributed by atoms with van der Waals surface area (Å²) in [5.41, 5.74) is 1.94. The summed E-state index contributed by atoms with van der Waals surface area (Å²) in [7, 11) is 0. The number of rotatable bonds is 4. The summed E-state index contributed by atoms with van der Waals surface area (Å²) in [6.07, 6.45) is 0. The lowest BCUT2D eigenvalue weighted by Crippen LogP contribution is -2.05. The van der Waals surface area contributed by atoms with Crippen LogP contribution >= 0.6 is 11.3 Å². The second-order valence-electron chi connectivity index (χ2n) is 5.84. The number of thiazole rings is 1. The van der Waals surface area contributed by atoms with Crippen molar-refractivity contribution in [1.82, 2.24) is 4.98 Å². The molecule has 0 amide bonds. The van der Waals surface area contributed by atoms with Crippen LogP contribution < -0.4 is 14.8 Å². The van der Waals surface area contributed by atoms with E-state index < -0.39 is 5.97 Å². The molecule has 0 saturated heterocycles. The van der Waals surface area contributed by atoms with Gasteiger partial charge in [-0.25, -0.2) is 9.78 Å². The maximum absolute atomic E-state index is 12.3. The van der Waals surface area contributed by atoms with E-state index in [-0.39, 0.29) is 19.2 Å². The van der Waals surface area contributed by atoms with E-state index in [4.69, 9.17) is 18.6 Å². The molecular formula is C19H14N2O5S. The van der Waals surface area contributed by atoms with Gasteiger partial charge in [-0.15, -0.1) is 0 Å². The lowest BCUT2D eigenvalue weighted by molar-refractivity contribution is 0.0494. The van der Waals surface area contributed by atoms with Crippen molar-refractivity contribution in [1.29, 1.82) is 0 Å². The maximum Gasteiger partial charge on any atom is 0.376 e. The van der Waals surface area contributed by atoms with E-state index >= 15 is 0 Å². The fourth-order valence-corrected chi connectivity index (χ4v) is 3.87. The highest BCUT2D eigenvalue weighted by Crippen LogP contribution is 2.41. The number of furan rings is 1. The Hall–Kier alpha value is -3.26. The SMILES string of the molecule is CCOC(=O)c1oc2ccccc2c1Nc1nc2cc3c(cc2s1)OCO3. The van der Waals surface area contributed by atoms with Gasteiger partial charge < -0.3 is 23.9 Å². The van der Waals surface area contributed by atoms with Crippen molar-refractivity contribution in [2.45, 2.75) is 6.92 Å². The molecule has 4 aromatic rings. The number of anilines is 2. The summed E-state index contributed by atoms with van der Waals surface area (Å²) in [6.45, 7) is 2.24. The van der Waals surface area contributed by atoms with E-state index in [0.717, 1.165) is 15.6 Å². The molecule has 3 heterocycles. The minimum atomic E-state index is -0.516. The number of nitrogens with zero attached hydrogens (tertiary/aromatic N) is 1. The van der Waals surface area contributed by atoms with E-state index in [9.17, 15) is 4.79 Å². The summed E-state index contributed by atoms with van der Waals surface area (Å²) in [4.78, 5) is 16.9. The monoisotopic (exact) mass is 382 g/mol. The molecule has 0 spiro atoms. The van der Waals surface area contributed by atoms with Gasteiger partial charge in [0.2, 0.25) is 12.6 Å². The van der Waals surface area contributed by atoms with Crippen LogP contribution in [0.15, 0.2) is 40.8 Å². The molecule has 0 radical (unpaired) electrons. The molecule has 0 fully saturated rings. The molecule has 7 nitrogen and oxygen atoms in total. The van der Waals surface area contributed by atoms with E-state index in [2.05, 4.69) is 10.3 Å². The number of benzene rings is 2. The predicted octanol–water partition coefficient (Wildman–Crippen LogP) is 4.69. The molecule has 1 N–H and O–H groups in total. The van der Waals surface area contributed by atoms with E-state index in [1.165, 1.54) is 11.3 Å². The van der Waals surface area contributed by atoms with Crippen molar-refractivity contribution in [3.05, 3.63) is 42.2 Å². The maximum atomic E-state index is 12.3. The van der Waals surface area contributed by atoms with Crippen molar-refractivity contribution in [3.63, 3.8) is 0 Å². The topological polar surface area (TPSA) is 82.8 Å².